The number of hydrogen-bond acceptors (Lipinski definition) is 5. The Morgan fingerprint density at radius 2 is 1.79 bits per heavy atom. The second kappa shape index (κ2) is 8.34. The van der Waals surface area contributed by atoms with Gasteiger partial charge in [0.15, 0.2) is 5.69 Å². The van der Waals surface area contributed by atoms with Crippen LogP contribution in [-0.4, -0.2) is 33.1 Å². The number of azo groups is 1. The van der Waals surface area contributed by atoms with Crippen molar-refractivity contribution in [3.63, 3.8) is 0 Å². The number of fused-ring (bicyclic) bond motifs is 1. The van der Waals surface area contributed by atoms with Crippen molar-refractivity contribution in [3.8, 4) is 11.6 Å². The maximum atomic E-state index is 12.0. The molecule has 28 heavy (non-hydrogen) atoms. The molecular weight excluding hydrogens is 360 g/mol. The highest BCUT2D eigenvalue weighted by Gasteiger charge is 2.16. The lowest BCUT2D eigenvalue weighted by Crippen LogP contribution is -2.28. The Balaban J connectivity index is 1.73. The van der Waals surface area contributed by atoms with Gasteiger partial charge in [-0.2, -0.15) is 0 Å². The van der Waals surface area contributed by atoms with E-state index in [9.17, 15) is 19.8 Å². The molecule has 2 amide bonds. The first-order valence-corrected chi connectivity index (χ1v) is 8.84. The molecule has 0 spiro atoms. The first-order chi connectivity index (χ1) is 13.5. The number of carbonyl (C=O) groups is 2. The summed E-state index contributed by atoms with van der Waals surface area (Å²) >= 11 is 0. The molecule has 2 aromatic carbocycles. The molecule has 0 unspecified atom stereocenters. The Hall–Kier alpha value is -3.68. The van der Waals surface area contributed by atoms with Gasteiger partial charge in [0, 0.05) is 11.9 Å². The number of carbonyl (C=O) groups excluding carboxylic acids is 2. The van der Waals surface area contributed by atoms with Gasteiger partial charge >= 0.3 is 0 Å². The van der Waals surface area contributed by atoms with E-state index in [2.05, 4.69) is 15.5 Å². The van der Waals surface area contributed by atoms with E-state index >= 15 is 0 Å². The molecule has 0 aliphatic carbocycles. The van der Waals surface area contributed by atoms with Crippen LogP contribution in [-0.2, 0) is 11.3 Å². The van der Waals surface area contributed by atoms with E-state index < -0.39 is 11.8 Å². The molecule has 0 radical (unpaired) electrons. The zero-order valence-electron chi connectivity index (χ0n) is 15.3. The van der Waals surface area contributed by atoms with Crippen LogP contribution in [0.4, 0.5) is 5.69 Å². The summed E-state index contributed by atoms with van der Waals surface area (Å²) in [4.78, 5) is 24.0. The van der Waals surface area contributed by atoms with Crippen LogP contribution >= 0.6 is 0 Å². The third kappa shape index (κ3) is 3.85. The molecule has 0 fully saturated rings. The number of amides is 2. The predicted octanol–water partition coefficient (Wildman–Crippen LogP) is 3.50. The number of phenols is 1. The maximum absolute atomic E-state index is 12.0. The zero-order chi connectivity index (χ0) is 20.1. The molecule has 3 aromatic rings. The third-order valence-electron chi connectivity index (χ3n) is 4.18. The number of aromatic hydroxyl groups is 2. The summed E-state index contributed by atoms with van der Waals surface area (Å²) in [5.74, 6) is -1.51. The minimum Gasteiger partial charge on any atom is -0.507 e. The van der Waals surface area contributed by atoms with Crippen LogP contribution in [0.25, 0.3) is 10.9 Å². The average molecular weight is 380 g/mol. The quantitative estimate of drug-likeness (QED) is 0.567. The number of nitrogens with zero attached hydrogens (tertiary/aromatic N) is 3. The number of aromatic nitrogens is 1. The van der Waals surface area contributed by atoms with Crippen LogP contribution < -0.4 is 5.32 Å². The molecule has 8 heteroatoms. The van der Waals surface area contributed by atoms with Gasteiger partial charge in [0.1, 0.15) is 12.3 Å². The second-order valence-corrected chi connectivity index (χ2v) is 6.13. The van der Waals surface area contributed by atoms with Gasteiger partial charge in [-0.15, -0.1) is 10.2 Å². The van der Waals surface area contributed by atoms with E-state index in [0.717, 1.165) is 11.9 Å². The molecular formula is C20H20N4O4. The van der Waals surface area contributed by atoms with Gasteiger partial charge in [-0.3, -0.25) is 9.59 Å². The van der Waals surface area contributed by atoms with Crippen LogP contribution in [0.5, 0.6) is 11.6 Å². The fraction of sp³-hybridized carbons (Fsp3) is 0.200. The summed E-state index contributed by atoms with van der Waals surface area (Å²) in [6, 6.07) is 13.3. The van der Waals surface area contributed by atoms with Gasteiger partial charge < -0.3 is 20.1 Å². The summed E-state index contributed by atoms with van der Waals surface area (Å²) in [6.07, 6.45) is 0.820. The van der Waals surface area contributed by atoms with Gasteiger partial charge in [-0.05, 0) is 24.6 Å². The van der Waals surface area contributed by atoms with Crippen LogP contribution in [0, 0.1) is 0 Å². The minimum absolute atomic E-state index is 0.0576. The lowest BCUT2D eigenvalue weighted by Gasteiger charge is -2.04. The van der Waals surface area contributed by atoms with Crippen LogP contribution in [0.1, 0.15) is 23.7 Å². The normalized spacial score (nSPS) is 11.2. The molecule has 8 nitrogen and oxygen atoms in total. The fourth-order valence-corrected chi connectivity index (χ4v) is 2.88. The topological polar surface area (TPSA) is 116 Å². The fourth-order valence-electron chi connectivity index (χ4n) is 2.88. The van der Waals surface area contributed by atoms with E-state index in [-0.39, 0.29) is 29.4 Å². The monoisotopic (exact) mass is 380 g/mol. The van der Waals surface area contributed by atoms with E-state index in [4.69, 9.17) is 0 Å². The Morgan fingerprint density at radius 3 is 2.54 bits per heavy atom. The summed E-state index contributed by atoms with van der Waals surface area (Å²) in [7, 11) is 0. The van der Waals surface area contributed by atoms with E-state index in [1.54, 1.807) is 22.8 Å². The summed E-state index contributed by atoms with van der Waals surface area (Å²) < 4.78 is 1.72. The van der Waals surface area contributed by atoms with Crippen molar-refractivity contribution in [3.05, 3.63) is 54.1 Å². The highest BCUT2D eigenvalue weighted by molar-refractivity contribution is 5.99. The first kappa shape index (κ1) is 19.1. The lowest BCUT2D eigenvalue weighted by molar-refractivity contribution is -0.117. The van der Waals surface area contributed by atoms with E-state index in [1.807, 2.05) is 25.1 Å². The first-order valence-electron chi connectivity index (χ1n) is 8.84. The Labute approximate surface area is 161 Å². The van der Waals surface area contributed by atoms with Gasteiger partial charge in [-0.25, -0.2) is 0 Å². The molecule has 0 saturated carbocycles. The van der Waals surface area contributed by atoms with Crippen molar-refractivity contribution in [2.24, 2.45) is 10.2 Å². The maximum Gasteiger partial charge on any atom is 0.283 e. The summed E-state index contributed by atoms with van der Waals surface area (Å²) in [5, 5.41) is 30.7. The number of phenolic OH excluding ortho intramolecular Hbond substituents is 1. The molecule has 3 N–H and O–H groups in total. The number of rotatable bonds is 6. The Bertz CT molecular complexity index is 1060. The van der Waals surface area contributed by atoms with Gasteiger partial charge in [0.2, 0.25) is 5.88 Å². The van der Waals surface area contributed by atoms with E-state index in [1.165, 1.54) is 12.1 Å². The predicted molar refractivity (Wildman–Crippen MR) is 104 cm³/mol. The number of para-hydroxylation sites is 2. The van der Waals surface area contributed by atoms with Crippen molar-refractivity contribution >= 4 is 28.4 Å². The van der Waals surface area contributed by atoms with Crippen molar-refractivity contribution in [1.29, 1.82) is 0 Å². The smallest absolute Gasteiger partial charge is 0.283 e. The van der Waals surface area contributed by atoms with Crippen molar-refractivity contribution in [1.82, 2.24) is 9.88 Å². The van der Waals surface area contributed by atoms with Crippen LogP contribution in [0.2, 0.25) is 0 Å². The number of aryl methyl sites for hydroxylation is 1. The highest BCUT2D eigenvalue weighted by atomic mass is 16.3. The molecule has 1 aromatic heterocycles. The van der Waals surface area contributed by atoms with Crippen molar-refractivity contribution < 1.29 is 19.8 Å². The SMILES string of the molecule is CCCn1c(O)c(N=NC(=O)CNC(=O)c2ccccc2O)c2ccccc21. The number of benzene rings is 2. The average Bonchev–Trinajstić information content (AvgIpc) is 2.96. The molecule has 3 rings (SSSR count). The molecule has 0 atom stereocenters. The van der Waals surface area contributed by atoms with Crippen molar-refractivity contribution in [2.45, 2.75) is 19.9 Å². The summed E-state index contributed by atoms with van der Waals surface area (Å²) in [5.41, 5.74) is 1.08. The van der Waals surface area contributed by atoms with Crippen LogP contribution in [0.15, 0.2) is 58.8 Å². The summed E-state index contributed by atoms with van der Waals surface area (Å²) in [6.45, 7) is 2.21. The largest absolute Gasteiger partial charge is 0.507 e. The number of nitrogens with one attached hydrogen (secondary N) is 1. The third-order valence-corrected chi connectivity index (χ3v) is 4.18. The van der Waals surface area contributed by atoms with Crippen molar-refractivity contribution in [2.75, 3.05) is 6.54 Å². The zero-order valence-corrected chi connectivity index (χ0v) is 15.3. The van der Waals surface area contributed by atoms with Gasteiger partial charge in [-0.1, -0.05) is 37.3 Å². The lowest BCUT2D eigenvalue weighted by atomic mass is 10.2. The molecule has 1 heterocycles. The standard InChI is InChI=1S/C20H20N4O4/c1-2-11-24-15-9-5-3-7-13(15)18(20(24)28)23-22-17(26)12-21-19(27)14-8-4-6-10-16(14)25/h3-10,25,28H,2,11-12H2,1H3,(H,21,27). The van der Waals surface area contributed by atoms with Gasteiger partial charge in [0.05, 0.1) is 11.1 Å². The molecule has 144 valence electrons. The van der Waals surface area contributed by atoms with Gasteiger partial charge in [0.25, 0.3) is 11.8 Å². The molecule has 0 aliphatic rings. The number of hydrogen-bond donors (Lipinski definition) is 3. The van der Waals surface area contributed by atoms with E-state index in [0.29, 0.717) is 11.9 Å². The Morgan fingerprint density at radius 1 is 1.07 bits per heavy atom. The highest BCUT2D eigenvalue weighted by Crippen LogP contribution is 2.38. The molecule has 0 aliphatic heterocycles. The molecule has 0 saturated heterocycles. The molecule has 0 bridgehead atoms. The van der Waals surface area contributed by atoms with Crippen LogP contribution in [0.3, 0.4) is 0 Å². The second-order valence-electron chi connectivity index (χ2n) is 6.13. The Kier molecular flexibility index (Phi) is 5.69. The minimum atomic E-state index is -0.685.